The fraction of sp³-hybridized carbons (Fsp3) is 0. The molecule has 0 radical (unpaired) electrons. The zero-order chi connectivity index (χ0) is 8.67. The van der Waals surface area contributed by atoms with Crippen LogP contribution in [0.25, 0.3) is 5.69 Å². The summed E-state index contributed by atoms with van der Waals surface area (Å²) in [6.45, 7) is 0. The Kier molecular flexibility index (Phi) is 1.22. The van der Waals surface area contributed by atoms with Crippen LogP contribution in [0.3, 0.4) is 0 Å². The molecule has 1 aliphatic rings. The van der Waals surface area contributed by atoms with E-state index in [4.69, 9.17) is 4.65 Å². The third-order valence-corrected chi connectivity index (χ3v) is 2.07. The zero-order valence-electron chi connectivity index (χ0n) is 6.84. The summed E-state index contributed by atoms with van der Waals surface area (Å²) in [5, 5.41) is 0. The van der Waals surface area contributed by atoms with Crippen molar-refractivity contribution in [3.8, 4) is 11.6 Å². The molecule has 0 saturated carbocycles. The highest BCUT2D eigenvalue weighted by Crippen LogP contribution is 2.20. The number of hydrogen-bond acceptors (Lipinski definition) is 3. The molecule has 0 amide bonds. The molecule has 2 aromatic heterocycles. The molecular formula is C8H6BN3O. The SMILES string of the molecule is B1Oc2ncccc2-n2ccnc21. The molecule has 13 heavy (non-hydrogen) atoms. The van der Waals surface area contributed by atoms with E-state index in [9.17, 15) is 0 Å². The molecule has 0 N–H and O–H groups in total. The molecule has 0 bridgehead atoms. The largest absolute Gasteiger partial charge is 0.541 e. The van der Waals surface area contributed by atoms with Crippen molar-refractivity contribution in [2.75, 3.05) is 0 Å². The molecule has 0 saturated heterocycles. The maximum atomic E-state index is 5.41. The highest BCUT2D eigenvalue weighted by molar-refractivity contribution is 6.46. The Hall–Kier alpha value is -1.78. The second-order valence-electron chi connectivity index (χ2n) is 2.83. The minimum absolute atomic E-state index is 0.497. The Morgan fingerprint density at radius 1 is 1.31 bits per heavy atom. The first-order valence-electron chi connectivity index (χ1n) is 4.05. The molecule has 0 aromatic carbocycles. The van der Waals surface area contributed by atoms with E-state index in [1.165, 1.54) is 0 Å². The van der Waals surface area contributed by atoms with Crippen molar-refractivity contribution in [2.45, 2.75) is 0 Å². The highest BCUT2D eigenvalue weighted by atomic mass is 16.4. The molecule has 0 unspecified atom stereocenters. The van der Waals surface area contributed by atoms with E-state index in [0.29, 0.717) is 13.4 Å². The zero-order valence-corrected chi connectivity index (χ0v) is 6.84. The van der Waals surface area contributed by atoms with Gasteiger partial charge in [-0.3, -0.25) is 0 Å². The maximum Gasteiger partial charge on any atom is 0.413 e. The van der Waals surface area contributed by atoms with Gasteiger partial charge in [0.25, 0.3) is 0 Å². The molecule has 0 atom stereocenters. The topological polar surface area (TPSA) is 39.9 Å². The van der Waals surface area contributed by atoms with E-state index in [2.05, 4.69) is 9.97 Å². The Balaban J connectivity index is 2.30. The fourth-order valence-corrected chi connectivity index (χ4v) is 1.47. The van der Waals surface area contributed by atoms with Gasteiger partial charge in [0.05, 0.1) is 0 Å². The van der Waals surface area contributed by atoms with E-state index >= 15 is 0 Å². The van der Waals surface area contributed by atoms with Crippen molar-refractivity contribution >= 4 is 13.2 Å². The van der Waals surface area contributed by atoms with Gasteiger partial charge in [0, 0.05) is 18.6 Å². The fourth-order valence-electron chi connectivity index (χ4n) is 1.47. The van der Waals surface area contributed by atoms with Crippen LogP contribution in [0, 0.1) is 0 Å². The van der Waals surface area contributed by atoms with Crippen molar-refractivity contribution in [3.05, 3.63) is 30.7 Å². The molecule has 4 nitrogen and oxygen atoms in total. The van der Waals surface area contributed by atoms with Gasteiger partial charge in [0.1, 0.15) is 11.4 Å². The Labute approximate surface area is 75.5 Å². The summed E-state index contributed by atoms with van der Waals surface area (Å²) in [7, 11) is 0.497. The Morgan fingerprint density at radius 3 is 3.31 bits per heavy atom. The number of pyridine rings is 1. The molecule has 1 aliphatic heterocycles. The summed E-state index contributed by atoms with van der Waals surface area (Å²) in [5.74, 6) is 0.674. The van der Waals surface area contributed by atoms with Gasteiger partial charge in [0.2, 0.25) is 5.88 Å². The molecule has 3 heterocycles. The number of aromatic nitrogens is 3. The van der Waals surface area contributed by atoms with Gasteiger partial charge < -0.3 is 9.22 Å². The van der Waals surface area contributed by atoms with Crippen molar-refractivity contribution in [1.29, 1.82) is 0 Å². The van der Waals surface area contributed by atoms with Crippen LogP contribution in [0.5, 0.6) is 5.88 Å². The lowest BCUT2D eigenvalue weighted by Crippen LogP contribution is -2.34. The predicted molar refractivity (Wildman–Crippen MR) is 48.8 cm³/mol. The first-order valence-corrected chi connectivity index (χ1v) is 4.05. The molecule has 2 aromatic rings. The number of rotatable bonds is 0. The summed E-state index contributed by atoms with van der Waals surface area (Å²) >= 11 is 0. The molecule has 5 heteroatoms. The summed E-state index contributed by atoms with van der Waals surface area (Å²) in [6, 6.07) is 3.85. The number of nitrogens with zero attached hydrogens (tertiary/aromatic N) is 3. The third-order valence-electron chi connectivity index (χ3n) is 2.07. The third kappa shape index (κ3) is 0.868. The van der Waals surface area contributed by atoms with Crippen molar-refractivity contribution in [1.82, 2.24) is 14.5 Å². The van der Waals surface area contributed by atoms with Gasteiger partial charge in [-0.05, 0) is 12.1 Å². The number of fused-ring (bicyclic) bond motifs is 3. The molecular weight excluding hydrogens is 165 g/mol. The van der Waals surface area contributed by atoms with Crippen LogP contribution in [0.2, 0.25) is 0 Å². The molecule has 62 valence electrons. The Bertz CT molecular complexity index is 454. The van der Waals surface area contributed by atoms with Crippen LogP contribution in [-0.4, -0.2) is 22.0 Å². The maximum absolute atomic E-state index is 5.41. The molecule has 3 rings (SSSR count). The van der Waals surface area contributed by atoms with E-state index in [1.807, 2.05) is 22.9 Å². The average molecular weight is 171 g/mol. The Morgan fingerprint density at radius 2 is 2.31 bits per heavy atom. The van der Waals surface area contributed by atoms with Gasteiger partial charge in [0.15, 0.2) is 0 Å². The summed E-state index contributed by atoms with van der Waals surface area (Å²) in [4.78, 5) is 8.29. The second-order valence-corrected chi connectivity index (χ2v) is 2.83. The van der Waals surface area contributed by atoms with E-state index < -0.39 is 0 Å². The molecule has 0 aliphatic carbocycles. The first kappa shape index (κ1) is 6.71. The van der Waals surface area contributed by atoms with Gasteiger partial charge in [-0.25, -0.2) is 9.97 Å². The van der Waals surface area contributed by atoms with Crippen LogP contribution in [0.15, 0.2) is 30.7 Å². The van der Waals surface area contributed by atoms with Crippen molar-refractivity contribution < 1.29 is 4.65 Å². The van der Waals surface area contributed by atoms with E-state index in [1.54, 1.807) is 12.4 Å². The van der Waals surface area contributed by atoms with Gasteiger partial charge in [-0.2, -0.15) is 0 Å². The second kappa shape index (κ2) is 2.35. The number of imidazole rings is 1. The van der Waals surface area contributed by atoms with Gasteiger partial charge >= 0.3 is 7.48 Å². The predicted octanol–water partition coefficient (Wildman–Crippen LogP) is -0.364. The van der Waals surface area contributed by atoms with Crippen LogP contribution in [0.1, 0.15) is 0 Å². The van der Waals surface area contributed by atoms with Crippen LogP contribution >= 0.6 is 0 Å². The summed E-state index contributed by atoms with van der Waals surface area (Å²) in [6.07, 6.45) is 5.40. The standard InChI is InChI=1S/C8H6BN3O/c1-2-6-7(10-3-1)13-9-8-11-4-5-12(6)8/h1-5,9H. The van der Waals surface area contributed by atoms with Crippen LogP contribution in [-0.2, 0) is 0 Å². The summed E-state index contributed by atoms with van der Waals surface area (Å²) < 4.78 is 7.41. The smallest absolute Gasteiger partial charge is 0.413 e. The minimum atomic E-state index is 0.497. The average Bonchev–Trinajstić information content (AvgIpc) is 2.65. The lowest BCUT2D eigenvalue weighted by atomic mass is 9.98. The van der Waals surface area contributed by atoms with Crippen LogP contribution < -0.4 is 10.4 Å². The lowest BCUT2D eigenvalue weighted by Gasteiger charge is -2.16. The van der Waals surface area contributed by atoms with E-state index in [-0.39, 0.29) is 0 Å². The quantitative estimate of drug-likeness (QED) is 0.508. The van der Waals surface area contributed by atoms with Crippen molar-refractivity contribution in [2.24, 2.45) is 0 Å². The van der Waals surface area contributed by atoms with Gasteiger partial charge in [-0.1, -0.05) is 0 Å². The van der Waals surface area contributed by atoms with E-state index in [0.717, 1.165) is 11.4 Å². The van der Waals surface area contributed by atoms with Crippen molar-refractivity contribution in [3.63, 3.8) is 0 Å². The highest BCUT2D eigenvalue weighted by Gasteiger charge is 2.18. The minimum Gasteiger partial charge on any atom is -0.541 e. The monoisotopic (exact) mass is 171 g/mol. The normalized spacial score (nSPS) is 12.3. The molecule has 0 spiro atoms. The van der Waals surface area contributed by atoms with Gasteiger partial charge in [-0.15, -0.1) is 0 Å². The molecule has 0 fully saturated rings. The van der Waals surface area contributed by atoms with Crippen LogP contribution in [0.4, 0.5) is 0 Å². The summed E-state index contributed by atoms with van der Waals surface area (Å²) in [5.41, 5.74) is 1.88. The first-order chi connectivity index (χ1) is 6.45. The lowest BCUT2D eigenvalue weighted by molar-refractivity contribution is 0.560. The number of hydrogen-bond donors (Lipinski definition) is 0.